The van der Waals surface area contributed by atoms with Crippen LogP contribution in [0.1, 0.15) is 26.7 Å². The van der Waals surface area contributed by atoms with Gasteiger partial charge in [-0.1, -0.05) is 18.2 Å². The van der Waals surface area contributed by atoms with Crippen LogP contribution in [0, 0.1) is 17.8 Å². The summed E-state index contributed by atoms with van der Waals surface area (Å²) in [5, 5.41) is 21.0. The van der Waals surface area contributed by atoms with E-state index in [1.165, 1.54) is 0 Å². The maximum absolute atomic E-state index is 11.7. The number of carbonyl (C=O) groups is 1. The van der Waals surface area contributed by atoms with Gasteiger partial charge in [-0.2, -0.15) is 0 Å². The van der Waals surface area contributed by atoms with Gasteiger partial charge in [0.25, 0.3) is 0 Å². The number of allylic oxidation sites excluding steroid dienone is 1. The van der Waals surface area contributed by atoms with Gasteiger partial charge in [-0.3, -0.25) is 0 Å². The Morgan fingerprint density at radius 3 is 2.84 bits per heavy atom. The molecule has 0 radical (unpaired) electrons. The van der Waals surface area contributed by atoms with E-state index in [1.54, 1.807) is 6.92 Å². The Hall–Kier alpha value is -1.13. The molecule has 3 rings (SSSR count). The smallest absolute Gasteiger partial charge is 0.334 e. The summed E-state index contributed by atoms with van der Waals surface area (Å²) in [6.07, 6.45) is 1.97. The maximum atomic E-state index is 11.7. The summed E-state index contributed by atoms with van der Waals surface area (Å²) >= 11 is 0. The molecule has 2 fully saturated rings. The minimum atomic E-state index is -0.949. The van der Waals surface area contributed by atoms with Crippen LogP contribution in [-0.4, -0.2) is 34.0 Å². The minimum absolute atomic E-state index is 0.00384. The first-order valence-corrected chi connectivity index (χ1v) is 6.80. The van der Waals surface area contributed by atoms with Gasteiger partial charge in [-0.05, 0) is 20.3 Å². The van der Waals surface area contributed by atoms with Gasteiger partial charge in [0.15, 0.2) is 0 Å². The lowest BCUT2D eigenvalue weighted by atomic mass is 9.76. The van der Waals surface area contributed by atoms with Crippen LogP contribution in [0.2, 0.25) is 0 Å². The second-order valence-corrected chi connectivity index (χ2v) is 6.37. The van der Waals surface area contributed by atoms with Gasteiger partial charge >= 0.3 is 5.97 Å². The van der Waals surface area contributed by atoms with Gasteiger partial charge in [0.1, 0.15) is 6.10 Å². The maximum Gasteiger partial charge on any atom is 0.334 e. The summed E-state index contributed by atoms with van der Waals surface area (Å²) in [5.41, 5.74) is 0.528. The van der Waals surface area contributed by atoms with Crippen LogP contribution >= 0.6 is 0 Å². The Kier molecular flexibility index (Phi) is 2.67. The fourth-order valence-corrected chi connectivity index (χ4v) is 4.10. The van der Waals surface area contributed by atoms with E-state index in [0.717, 1.165) is 12.0 Å². The minimum Gasteiger partial charge on any atom is -0.458 e. The van der Waals surface area contributed by atoms with Crippen LogP contribution in [0.5, 0.6) is 0 Å². The van der Waals surface area contributed by atoms with Crippen molar-refractivity contribution in [3.63, 3.8) is 0 Å². The molecule has 3 aliphatic rings. The van der Waals surface area contributed by atoms with Gasteiger partial charge in [-0.25, -0.2) is 4.79 Å². The van der Waals surface area contributed by atoms with Gasteiger partial charge < -0.3 is 14.9 Å². The molecule has 1 aliphatic heterocycles. The van der Waals surface area contributed by atoms with Crippen LogP contribution < -0.4 is 0 Å². The summed E-state index contributed by atoms with van der Waals surface area (Å²) in [6, 6.07) is 0. The van der Waals surface area contributed by atoms with Crippen molar-refractivity contribution in [1.29, 1.82) is 0 Å². The highest BCUT2D eigenvalue weighted by atomic mass is 16.6. The van der Waals surface area contributed by atoms with Gasteiger partial charge in [0.05, 0.1) is 17.6 Å². The molecule has 6 atom stereocenters. The molecule has 0 bridgehead atoms. The standard InChI is InChI=1S/C15H20O4/c1-7-4-5-9-11(7)13-12(8(2)14(17)19-13)10(16)6-15(9,3)18/h4,9-13,16,18H,2,5-6H2,1,3H3/t9-,10-,11-,12+,13+,15+/m0/s1. The number of ether oxygens (including phenoxy) is 1. The number of aliphatic hydroxyl groups is 2. The van der Waals surface area contributed by atoms with E-state index < -0.39 is 23.6 Å². The van der Waals surface area contributed by atoms with E-state index in [-0.39, 0.29) is 24.4 Å². The first kappa shape index (κ1) is 12.9. The molecule has 2 aliphatic carbocycles. The highest BCUT2D eigenvalue weighted by Gasteiger charge is 2.57. The lowest BCUT2D eigenvalue weighted by Gasteiger charge is -2.34. The van der Waals surface area contributed by atoms with E-state index in [4.69, 9.17) is 4.74 Å². The first-order valence-electron chi connectivity index (χ1n) is 6.80. The van der Waals surface area contributed by atoms with Gasteiger partial charge in [0, 0.05) is 23.8 Å². The molecule has 1 saturated heterocycles. The van der Waals surface area contributed by atoms with Crippen molar-refractivity contribution >= 4 is 5.97 Å². The van der Waals surface area contributed by atoms with Crippen LogP contribution in [0.4, 0.5) is 0 Å². The lowest BCUT2D eigenvalue weighted by Crippen LogP contribution is -2.40. The second-order valence-electron chi connectivity index (χ2n) is 6.37. The average molecular weight is 264 g/mol. The molecular weight excluding hydrogens is 244 g/mol. The first-order chi connectivity index (χ1) is 8.83. The van der Waals surface area contributed by atoms with Crippen LogP contribution in [0.25, 0.3) is 0 Å². The fourth-order valence-electron chi connectivity index (χ4n) is 4.10. The molecule has 0 unspecified atom stereocenters. The van der Waals surface area contributed by atoms with Crippen molar-refractivity contribution in [3.05, 3.63) is 23.8 Å². The third kappa shape index (κ3) is 1.70. The van der Waals surface area contributed by atoms with E-state index in [1.807, 2.05) is 6.92 Å². The monoisotopic (exact) mass is 264 g/mol. The molecule has 4 nitrogen and oxygen atoms in total. The largest absolute Gasteiger partial charge is 0.458 e. The number of rotatable bonds is 0. The zero-order chi connectivity index (χ0) is 13.9. The van der Waals surface area contributed by atoms with Crippen molar-refractivity contribution in [1.82, 2.24) is 0 Å². The summed E-state index contributed by atoms with van der Waals surface area (Å²) in [5.74, 6) is -0.819. The van der Waals surface area contributed by atoms with Crippen LogP contribution in [0.3, 0.4) is 0 Å². The Labute approximate surface area is 112 Å². The number of esters is 1. The third-order valence-corrected chi connectivity index (χ3v) is 5.10. The van der Waals surface area contributed by atoms with Gasteiger partial charge in [0.2, 0.25) is 0 Å². The van der Waals surface area contributed by atoms with E-state index in [9.17, 15) is 15.0 Å². The summed E-state index contributed by atoms with van der Waals surface area (Å²) in [4.78, 5) is 11.7. The van der Waals surface area contributed by atoms with Crippen molar-refractivity contribution in [2.24, 2.45) is 17.8 Å². The number of hydrogen-bond donors (Lipinski definition) is 2. The lowest BCUT2D eigenvalue weighted by molar-refractivity contribution is -0.142. The highest BCUT2D eigenvalue weighted by molar-refractivity contribution is 5.91. The summed E-state index contributed by atoms with van der Waals surface area (Å²) < 4.78 is 5.46. The van der Waals surface area contributed by atoms with Crippen molar-refractivity contribution < 1.29 is 19.7 Å². The quantitative estimate of drug-likeness (QED) is 0.392. The molecule has 1 heterocycles. The number of aliphatic hydroxyl groups excluding tert-OH is 1. The van der Waals surface area contributed by atoms with E-state index in [0.29, 0.717) is 5.57 Å². The predicted octanol–water partition coefficient (Wildman–Crippen LogP) is 1.18. The normalized spacial score (nSPS) is 49.3. The third-order valence-electron chi connectivity index (χ3n) is 5.10. The molecule has 0 aromatic carbocycles. The number of carbonyl (C=O) groups excluding carboxylic acids is 1. The van der Waals surface area contributed by atoms with Crippen LogP contribution in [-0.2, 0) is 9.53 Å². The zero-order valence-electron chi connectivity index (χ0n) is 11.3. The molecule has 0 aromatic heterocycles. The SMILES string of the molecule is C=C1C(=O)O[C@@H]2[C@H]3C(C)=CC[C@@H]3[C@](C)(O)C[C@H](O)[C@@H]12. The predicted molar refractivity (Wildman–Crippen MR) is 69.1 cm³/mol. The number of fused-ring (bicyclic) bond motifs is 3. The molecule has 0 spiro atoms. The Bertz CT molecular complexity index is 477. The molecule has 19 heavy (non-hydrogen) atoms. The van der Waals surface area contributed by atoms with Crippen molar-refractivity contribution in [2.75, 3.05) is 0 Å². The molecular formula is C15H20O4. The molecule has 1 saturated carbocycles. The number of hydrogen-bond acceptors (Lipinski definition) is 4. The Balaban J connectivity index is 2.06. The Morgan fingerprint density at radius 2 is 2.16 bits per heavy atom. The zero-order valence-corrected chi connectivity index (χ0v) is 11.3. The molecule has 0 amide bonds. The average Bonchev–Trinajstić information content (AvgIpc) is 2.78. The summed E-state index contributed by atoms with van der Waals surface area (Å²) in [7, 11) is 0. The molecule has 0 aromatic rings. The molecule has 104 valence electrons. The Morgan fingerprint density at radius 1 is 1.47 bits per heavy atom. The fraction of sp³-hybridized carbons (Fsp3) is 0.667. The highest BCUT2D eigenvalue weighted by Crippen LogP contribution is 2.51. The van der Waals surface area contributed by atoms with Gasteiger partial charge in [-0.15, -0.1) is 0 Å². The van der Waals surface area contributed by atoms with Crippen molar-refractivity contribution in [2.45, 2.75) is 44.5 Å². The summed E-state index contributed by atoms with van der Waals surface area (Å²) in [6.45, 7) is 7.54. The molecule has 4 heteroatoms. The van der Waals surface area contributed by atoms with E-state index in [2.05, 4.69) is 12.7 Å². The molecule has 2 N–H and O–H groups in total. The second kappa shape index (κ2) is 3.93. The van der Waals surface area contributed by atoms with Crippen LogP contribution in [0.15, 0.2) is 23.8 Å². The topological polar surface area (TPSA) is 66.8 Å². The van der Waals surface area contributed by atoms with E-state index >= 15 is 0 Å². The van der Waals surface area contributed by atoms with Crippen molar-refractivity contribution in [3.8, 4) is 0 Å².